The van der Waals surface area contributed by atoms with Crippen LogP contribution in [0.3, 0.4) is 0 Å². The first-order valence-corrected chi connectivity index (χ1v) is 8.25. The SMILES string of the molecule is O=C1NC(S)N(c2ccc(Cl)cc2)C(=O)/C1=C/c1cc(F)cnc1Cl. The highest BCUT2D eigenvalue weighted by Crippen LogP contribution is 2.27. The van der Waals surface area contributed by atoms with Crippen LogP contribution in [0.2, 0.25) is 10.2 Å². The highest BCUT2D eigenvalue weighted by atomic mass is 35.5. The first-order chi connectivity index (χ1) is 11.9. The number of aromatic nitrogens is 1. The molecule has 0 saturated carbocycles. The first-order valence-electron chi connectivity index (χ1n) is 6.97. The molecule has 128 valence electrons. The van der Waals surface area contributed by atoms with E-state index in [4.69, 9.17) is 23.2 Å². The molecule has 1 aromatic carbocycles. The van der Waals surface area contributed by atoms with Gasteiger partial charge in [-0.2, -0.15) is 0 Å². The summed E-state index contributed by atoms with van der Waals surface area (Å²) in [5.41, 5.74) is -0.466. The predicted octanol–water partition coefficient (Wildman–Crippen LogP) is 3.29. The van der Waals surface area contributed by atoms with E-state index in [0.717, 1.165) is 12.3 Å². The van der Waals surface area contributed by atoms with Gasteiger partial charge in [0.2, 0.25) is 0 Å². The van der Waals surface area contributed by atoms with Crippen molar-refractivity contribution >= 4 is 59.4 Å². The van der Waals surface area contributed by atoms with Crippen LogP contribution in [0, 0.1) is 5.82 Å². The Balaban J connectivity index is 2.03. The number of carbonyl (C=O) groups excluding carboxylic acids is 2. The van der Waals surface area contributed by atoms with Crippen LogP contribution in [-0.4, -0.2) is 22.3 Å². The standard InChI is InChI=1S/C16H10Cl2FN3O2S/c17-9-1-3-11(4-2-9)22-15(24)12(14(23)21-16(22)25)6-8-5-10(19)7-20-13(8)18/h1-7,16,25H,(H,21,23)/b12-6+. The molecule has 25 heavy (non-hydrogen) atoms. The van der Waals surface area contributed by atoms with Gasteiger partial charge in [0.25, 0.3) is 11.8 Å². The van der Waals surface area contributed by atoms with E-state index >= 15 is 0 Å². The monoisotopic (exact) mass is 397 g/mol. The summed E-state index contributed by atoms with van der Waals surface area (Å²) in [6.45, 7) is 0. The molecule has 3 rings (SSSR count). The zero-order chi connectivity index (χ0) is 18.1. The lowest BCUT2D eigenvalue weighted by Gasteiger charge is -2.34. The molecule has 1 aromatic heterocycles. The molecular formula is C16H10Cl2FN3O2S. The van der Waals surface area contributed by atoms with E-state index in [1.807, 2.05) is 0 Å². The van der Waals surface area contributed by atoms with Gasteiger partial charge in [0, 0.05) is 16.3 Å². The molecular weight excluding hydrogens is 388 g/mol. The molecule has 1 atom stereocenters. The summed E-state index contributed by atoms with van der Waals surface area (Å²) in [4.78, 5) is 29.9. The molecule has 9 heteroatoms. The summed E-state index contributed by atoms with van der Waals surface area (Å²) in [5, 5.41) is 3.02. The third-order valence-corrected chi connectivity index (χ3v) is 4.36. The maximum atomic E-state index is 13.4. The van der Waals surface area contributed by atoms with Crippen LogP contribution in [0.1, 0.15) is 5.56 Å². The molecule has 1 unspecified atom stereocenters. The van der Waals surface area contributed by atoms with E-state index in [-0.39, 0.29) is 16.3 Å². The number of amides is 2. The number of halogens is 3. The smallest absolute Gasteiger partial charge is 0.266 e. The minimum Gasteiger partial charge on any atom is -0.323 e. The van der Waals surface area contributed by atoms with E-state index < -0.39 is 23.1 Å². The Kier molecular flexibility index (Phi) is 4.99. The molecule has 1 aliphatic heterocycles. The molecule has 1 fully saturated rings. The fourth-order valence-electron chi connectivity index (χ4n) is 2.28. The normalized spacial score (nSPS) is 19.3. The third kappa shape index (κ3) is 3.63. The molecule has 2 amide bonds. The quantitative estimate of drug-likeness (QED) is 0.353. The van der Waals surface area contributed by atoms with E-state index in [1.54, 1.807) is 24.3 Å². The molecule has 0 aliphatic carbocycles. The van der Waals surface area contributed by atoms with Crippen molar-refractivity contribution < 1.29 is 14.0 Å². The van der Waals surface area contributed by atoms with Gasteiger partial charge in [0.05, 0.1) is 6.20 Å². The number of nitrogens with one attached hydrogen (secondary N) is 1. The van der Waals surface area contributed by atoms with Crippen LogP contribution in [-0.2, 0) is 9.59 Å². The lowest BCUT2D eigenvalue weighted by Crippen LogP contribution is -2.55. The van der Waals surface area contributed by atoms with Crippen molar-refractivity contribution in [3.8, 4) is 0 Å². The fourth-order valence-corrected chi connectivity index (χ4v) is 2.92. The molecule has 1 aliphatic rings. The van der Waals surface area contributed by atoms with Gasteiger partial charge in [-0.05, 0) is 36.4 Å². The van der Waals surface area contributed by atoms with Gasteiger partial charge in [-0.25, -0.2) is 9.37 Å². The van der Waals surface area contributed by atoms with Gasteiger partial charge in [0.15, 0.2) is 5.50 Å². The number of pyridine rings is 1. The summed E-state index contributed by atoms with van der Waals surface area (Å²) in [6.07, 6.45) is 2.13. The van der Waals surface area contributed by atoms with Gasteiger partial charge >= 0.3 is 0 Å². The van der Waals surface area contributed by atoms with Gasteiger partial charge < -0.3 is 5.32 Å². The van der Waals surface area contributed by atoms with Crippen LogP contribution in [0.4, 0.5) is 10.1 Å². The first kappa shape index (κ1) is 17.7. The average molecular weight is 398 g/mol. The Morgan fingerprint density at radius 1 is 1.24 bits per heavy atom. The van der Waals surface area contributed by atoms with Gasteiger partial charge in [-0.1, -0.05) is 23.2 Å². The molecule has 1 saturated heterocycles. The van der Waals surface area contributed by atoms with E-state index in [2.05, 4.69) is 22.9 Å². The minimum atomic E-state index is -0.862. The number of nitrogens with zero attached hydrogens (tertiary/aromatic N) is 2. The van der Waals surface area contributed by atoms with Gasteiger partial charge in [-0.15, -0.1) is 12.6 Å². The number of hydrogen-bond donors (Lipinski definition) is 2. The minimum absolute atomic E-state index is 0.0273. The zero-order valence-corrected chi connectivity index (χ0v) is 14.8. The topological polar surface area (TPSA) is 62.3 Å². The average Bonchev–Trinajstić information content (AvgIpc) is 2.56. The Morgan fingerprint density at radius 3 is 2.60 bits per heavy atom. The fraction of sp³-hybridized carbons (Fsp3) is 0.0625. The Hall–Kier alpha value is -2.09. The Bertz CT molecular complexity index is 889. The predicted molar refractivity (Wildman–Crippen MR) is 97.0 cm³/mol. The molecule has 2 aromatic rings. The van der Waals surface area contributed by atoms with Crippen molar-refractivity contribution in [3.05, 3.63) is 63.7 Å². The maximum absolute atomic E-state index is 13.4. The van der Waals surface area contributed by atoms with Crippen LogP contribution in [0.5, 0.6) is 0 Å². The number of rotatable bonds is 2. The highest BCUT2D eigenvalue weighted by molar-refractivity contribution is 7.81. The molecule has 0 radical (unpaired) electrons. The summed E-state index contributed by atoms with van der Waals surface area (Å²) in [6, 6.07) is 7.54. The number of hydrogen-bond acceptors (Lipinski definition) is 4. The van der Waals surface area contributed by atoms with Crippen molar-refractivity contribution in [3.63, 3.8) is 0 Å². The summed E-state index contributed by atoms with van der Waals surface area (Å²) < 4.78 is 13.4. The molecule has 1 N–H and O–H groups in total. The van der Waals surface area contributed by atoms with E-state index in [9.17, 15) is 14.0 Å². The van der Waals surface area contributed by atoms with Gasteiger partial charge in [-0.3, -0.25) is 14.5 Å². The van der Waals surface area contributed by atoms with Crippen LogP contribution in [0.25, 0.3) is 6.08 Å². The second-order valence-corrected chi connectivity index (χ2v) is 6.37. The second kappa shape index (κ2) is 7.03. The van der Waals surface area contributed by atoms with Gasteiger partial charge in [0.1, 0.15) is 16.5 Å². The lowest BCUT2D eigenvalue weighted by molar-refractivity contribution is -0.124. The summed E-state index contributed by atoms with van der Waals surface area (Å²) >= 11 is 16.0. The third-order valence-electron chi connectivity index (χ3n) is 3.44. The summed E-state index contributed by atoms with van der Waals surface area (Å²) in [7, 11) is 0. The molecule has 0 bridgehead atoms. The van der Waals surface area contributed by atoms with Crippen LogP contribution >= 0.6 is 35.8 Å². The largest absolute Gasteiger partial charge is 0.323 e. The Labute approximate surface area is 157 Å². The number of benzene rings is 1. The number of carbonyl (C=O) groups is 2. The van der Waals surface area contributed by atoms with Crippen molar-refractivity contribution in [2.45, 2.75) is 5.50 Å². The second-order valence-electron chi connectivity index (χ2n) is 5.09. The van der Waals surface area contributed by atoms with Crippen molar-refractivity contribution in [2.75, 3.05) is 4.90 Å². The van der Waals surface area contributed by atoms with Crippen molar-refractivity contribution in [1.29, 1.82) is 0 Å². The number of anilines is 1. The van der Waals surface area contributed by atoms with Crippen molar-refractivity contribution in [2.24, 2.45) is 0 Å². The van der Waals surface area contributed by atoms with E-state index in [0.29, 0.717) is 10.7 Å². The summed E-state index contributed by atoms with van der Waals surface area (Å²) in [5.74, 6) is -1.89. The lowest BCUT2D eigenvalue weighted by atomic mass is 10.1. The molecule has 5 nitrogen and oxygen atoms in total. The molecule has 2 heterocycles. The highest BCUT2D eigenvalue weighted by Gasteiger charge is 2.35. The van der Waals surface area contributed by atoms with Crippen LogP contribution in [0.15, 0.2) is 42.1 Å². The zero-order valence-electron chi connectivity index (χ0n) is 12.4. The maximum Gasteiger partial charge on any atom is 0.266 e. The Morgan fingerprint density at radius 2 is 1.92 bits per heavy atom. The molecule has 0 spiro atoms. The van der Waals surface area contributed by atoms with Crippen molar-refractivity contribution in [1.82, 2.24) is 10.3 Å². The van der Waals surface area contributed by atoms with Crippen LogP contribution < -0.4 is 10.2 Å². The number of thiol groups is 1. The van der Waals surface area contributed by atoms with E-state index in [1.165, 1.54) is 11.0 Å².